The molecule has 9 nitrogen and oxygen atoms in total. The number of hydrogen-bond acceptors (Lipinski definition) is 9. The van der Waals surface area contributed by atoms with Gasteiger partial charge >= 0.3 is 0 Å². The topological polar surface area (TPSA) is 105 Å². The lowest BCUT2D eigenvalue weighted by Gasteiger charge is -2.18. The van der Waals surface area contributed by atoms with E-state index in [0.717, 1.165) is 11.8 Å². The summed E-state index contributed by atoms with van der Waals surface area (Å²) < 4.78 is 27.2. The highest BCUT2D eigenvalue weighted by Crippen LogP contribution is 2.34. The van der Waals surface area contributed by atoms with Crippen molar-refractivity contribution in [2.45, 2.75) is 5.22 Å². The van der Waals surface area contributed by atoms with Crippen molar-refractivity contribution in [3.63, 3.8) is 0 Å². The first kappa shape index (κ1) is 19.9. The number of carbonyl (C=O) groups excluding carboxylic acids is 1. The summed E-state index contributed by atoms with van der Waals surface area (Å²) in [6, 6.07) is 10.5. The number of fused-ring (bicyclic) bond motifs is 1. The number of rotatable bonds is 7. The van der Waals surface area contributed by atoms with Gasteiger partial charge in [-0.05, 0) is 30.3 Å². The first-order valence-electron chi connectivity index (χ1n) is 9.04. The quantitative estimate of drug-likeness (QED) is 0.567. The molecule has 0 saturated carbocycles. The van der Waals surface area contributed by atoms with Gasteiger partial charge in [-0.15, -0.1) is 10.2 Å². The molecule has 1 amide bonds. The first-order valence-corrected chi connectivity index (χ1v) is 10.0. The molecule has 4 rings (SSSR count). The third-order valence-electron chi connectivity index (χ3n) is 4.20. The van der Waals surface area contributed by atoms with Crippen molar-refractivity contribution >= 4 is 23.4 Å². The number of nitrogens with one attached hydrogen (secondary N) is 1. The van der Waals surface area contributed by atoms with Gasteiger partial charge in [0.15, 0.2) is 11.5 Å². The van der Waals surface area contributed by atoms with Gasteiger partial charge in [0.2, 0.25) is 5.91 Å². The van der Waals surface area contributed by atoms with Crippen molar-refractivity contribution in [1.82, 2.24) is 10.2 Å². The Labute approximate surface area is 176 Å². The van der Waals surface area contributed by atoms with Crippen LogP contribution < -0.4 is 24.3 Å². The summed E-state index contributed by atoms with van der Waals surface area (Å²) in [6.45, 7) is 1.00. The van der Waals surface area contributed by atoms with Crippen molar-refractivity contribution in [3.8, 4) is 34.5 Å². The van der Waals surface area contributed by atoms with Crippen LogP contribution in [0, 0.1) is 0 Å². The summed E-state index contributed by atoms with van der Waals surface area (Å²) in [7, 11) is 3.13. The van der Waals surface area contributed by atoms with Gasteiger partial charge in [-0.3, -0.25) is 4.79 Å². The molecule has 0 aliphatic carbocycles. The molecular weight excluding hydrogens is 410 g/mol. The molecule has 156 valence electrons. The van der Waals surface area contributed by atoms with Gasteiger partial charge < -0.3 is 28.7 Å². The third-order valence-corrected chi connectivity index (χ3v) is 5.01. The minimum atomic E-state index is -0.213. The zero-order valence-corrected chi connectivity index (χ0v) is 17.2. The van der Waals surface area contributed by atoms with E-state index in [9.17, 15) is 4.79 Å². The van der Waals surface area contributed by atoms with E-state index < -0.39 is 0 Å². The van der Waals surface area contributed by atoms with Crippen molar-refractivity contribution in [3.05, 3.63) is 36.4 Å². The minimum absolute atomic E-state index is 0.103. The molecule has 0 saturated heterocycles. The highest BCUT2D eigenvalue weighted by molar-refractivity contribution is 7.99. The highest BCUT2D eigenvalue weighted by atomic mass is 32.2. The summed E-state index contributed by atoms with van der Waals surface area (Å²) in [5.41, 5.74) is 1.23. The van der Waals surface area contributed by atoms with Crippen LogP contribution in [0.2, 0.25) is 0 Å². The van der Waals surface area contributed by atoms with Crippen molar-refractivity contribution in [2.75, 3.05) is 38.5 Å². The summed E-state index contributed by atoms with van der Waals surface area (Å²) in [6.07, 6.45) is 0. The van der Waals surface area contributed by atoms with Crippen LogP contribution >= 0.6 is 11.8 Å². The molecule has 0 spiro atoms. The maximum Gasteiger partial charge on any atom is 0.277 e. The molecule has 30 heavy (non-hydrogen) atoms. The maximum atomic E-state index is 12.3. The van der Waals surface area contributed by atoms with Crippen LogP contribution in [-0.4, -0.2) is 49.3 Å². The molecule has 1 aromatic heterocycles. The number of thioether (sulfide) groups is 1. The normalized spacial score (nSPS) is 12.3. The van der Waals surface area contributed by atoms with E-state index in [1.807, 2.05) is 0 Å². The van der Waals surface area contributed by atoms with E-state index >= 15 is 0 Å². The minimum Gasteiger partial charge on any atom is -0.497 e. The number of ether oxygens (including phenoxy) is 4. The predicted octanol–water partition coefficient (Wildman–Crippen LogP) is 3.26. The second-order valence-corrected chi connectivity index (χ2v) is 7.06. The monoisotopic (exact) mass is 429 g/mol. The molecular formula is C20H19N3O6S. The van der Waals surface area contributed by atoms with Crippen LogP contribution in [0.3, 0.4) is 0 Å². The maximum absolute atomic E-state index is 12.3. The fraction of sp³-hybridized carbons (Fsp3) is 0.250. The lowest BCUT2D eigenvalue weighted by molar-refractivity contribution is -0.113. The molecule has 1 N–H and O–H groups in total. The fourth-order valence-corrected chi connectivity index (χ4v) is 3.37. The standard InChI is InChI=1S/C20H19N3O6S/c1-25-13-4-6-15(26-2)14(10-13)19-22-23-20(29-19)30-11-18(24)21-12-3-5-16-17(9-12)28-8-7-27-16/h3-6,9-10H,7-8,11H2,1-2H3,(H,21,24). The highest BCUT2D eigenvalue weighted by Gasteiger charge is 2.17. The second kappa shape index (κ2) is 8.95. The van der Waals surface area contributed by atoms with Crippen molar-refractivity contribution < 1.29 is 28.2 Å². The Morgan fingerprint density at radius 1 is 1.07 bits per heavy atom. The summed E-state index contributed by atoms with van der Waals surface area (Å²) in [4.78, 5) is 12.3. The third kappa shape index (κ3) is 4.43. The molecule has 2 heterocycles. The molecule has 3 aromatic rings. The van der Waals surface area contributed by atoms with Crippen LogP contribution in [0.15, 0.2) is 46.0 Å². The number of aromatic nitrogens is 2. The summed E-state index contributed by atoms with van der Waals surface area (Å²) in [5.74, 6) is 2.66. The Kier molecular flexibility index (Phi) is 5.94. The van der Waals surface area contributed by atoms with Gasteiger partial charge in [-0.2, -0.15) is 0 Å². The zero-order valence-electron chi connectivity index (χ0n) is 16.3. The smallest absolute Gasteiger partial charge is 0.277 e. The van der Waals surface area contributed by atoms with E-state index in [-0.39, 0.29) is 22.8 Å². The van der Waals surface area contributed by atoms with Crippen LogP contribution in [0.1, 0.15) is 0 Å². The van der Waals surface area contributed by atoms with Gasteiger partial charge in [0.25, 0.3) is 11.1 Å². The number of hydrogen-bond donors (Lipinski definition) is 1. The van der Waals surface area contributed by atoms with Gasteiger partial charge in [0.1, 0.15) is 24.7 Å². The number of anilines is 1. The Morgan fingerprint density at radius 3 is 2.70 bits per heavy atom. The van der Waals surface area contributed by atoms with Gasteiger partial charge in [0, 0.05) is 11.8 Å². The number of benzene rings is 2. The SMILES string of the molecule is COc1ccc(OC)c(-c2nnc(SCC(=O)Nc3ccc4c(c3)OCCO4)o2)c1. The van der Waals surface area contributed by atoms with Crippen LogP contribution in [-0.2, 0) is 4.79 Å². The molecule has 0 fully saturated rings. The number of methoxy groups -OCH3 is 2. The average Bonchev–Trinajstić information content (AvgIpc) is 3.26. The fourth-order valence-electron chi connectivity index (χ4n) is 2.80. The Morgan fingerprint density at radius 2 is 1.90 bits per heavy atom. The number of nitrogens with zero attached hydrogens (tertiary/aromatic N) is 2. The summed E-state index contributed by atoms with van der Waals surface area (Å²) in [5, 5.41) is 11.1. The molecule has 2 aromatic carbocycles. The van der Waals surface area contributed by atoms with Crippen molar-refractivity contribution in [1.29, 1.82) is 0 Å². The largest absolute Gasteiger partial charge is 0.497 e. The van der Waals surface area contributed by atoms with Crippen molar-refractivity contribution in [2.24, 2.45) is 0 Å². The van der Waals surface area contributed by atoms with Crippen LogP contribution in [0.4, 0.5) is 5.69 Å². The van der Waals surface area contributed by atoms with E-state index in [1.165, 1.54) is 0 Å². The van der Waals surface area contributed by atoms with Crippen LogP contribution in [0.5, 0.6) is 23.0 Å². The predicted molar refractivity (Wildman–Crippen MR) is 110 cm³/mol. The zero-order chi connectivity index (χ0) is 20.9. The molecule has 10 heteroatoms. The van der Waals surface area contributed by atoms with Crippen LogP contribution in [0.25, 0.3) is 11.5 Å². The average molecular weight is 429 g/mol. The molecule has 0 radical (unpaired) electrons. The number of carbonyl (C=O) groups is 1. The lowest BCUT2D eigenvalue weighted by Crippen LogP contribution is -2.17. The Hall–Kier alpha value is -3.40. The van der Waals surface area contributed by atoms with Gasteiger partial charge in [-0.1, -0.05) is 11.8 Å². The van der Waals surface area contributed by atoms with E-state index in [4.69, 9.17) is 23.4 Å². The summed E-state index contributed by atoms with van der Waals surface area (Å²) >= 11 is 1.14. The number of amides is 1. The molecule has 1 aliphatic rings. The molecule has 1 aliphatic heterocycles. The lowest BCUT2D eigenvalue weighted by atomic mass is 10.2. The van der Waals surface area contributed by atoms with E-state index in [0.29, 0.717) is 47.5 Å². The second-order valence-electron chi connectivity index (χ2n) is 6.13. The van der Waals surface area contributed by atoms with E-state index in [1.54, 1.807) is 50.6 Å². The molecule has 0 bridgehead atoms. The first-order chi connectivity index (χ1) is 14.7. The Bertz CT molecular complexity index is 1050. The molecule has 0 atom stereocenters. The van der Waals surface area contributed by atoms with Gasteiger partial charge in [-0.25, -0.2) is 0 Å². The molecule has 0 unspecified atom stereocenters. The van der Waals surface area contributed by atoms with E-state index in [2.05, 4.69) is 15.5 Å². The van der Waals surface area contributed by atoms with Gasteiger partial charge in [0.05, 0.1) is 25.5 Å². The Balaban J connectivity index is 1.38.